The summed E-state index contributed by atoms with van der Waals surface area (Å²) in [5.74, 6) is -2.05. The van der Waals surface area contributed by atoms with E-state index in [9.17, 15) is 19.1 Å². The molecule has 0 saturated carbocycles. The van der Waals surface area contributed by atoms with Crippen LogP contribution in [0.4, 0.5) is 4.39 Å². The predicted octanol–water partition coefficient (Wildman–Crippen LogP) is 3.12. The molecule has 4 rings (SSSR count). The van der Waals surface area contributed by atoms with E-state index in [1.807, 2.05) is 10.8 Å². The molecule has 0 spiro atoms. The van der Waals surface area contributed by atoms with Crippen molar-refractivity contribution in [2.45, 2.75) is 32.0 Å². The lowest BCUT2D eigenvalue weighted by atomic mass is 10.0. The molecule has 2 aromatic rings. The van der Waals surface area contributed by atoms with E-state index in [1.54, 1.807) is 12.1 Å². The summed E-state index contributed by atoms with van der Waals surface area (Å²) in [5.41, 5.74) is 2.06. The number of carbonyl (C=O) groups excluding carboxylic acids is 1. The number of carboxylic acids is 1. The molecule has 7 heteroatoms. The number of nitrogens with zero attached hydrogens (tertiary/aromatic N) is 2. The second kappa shape index (κ2) is 5.44. The number of hydrogen-bond acceptors (Lipinski definition) is 2. The van der Waals surface area contributed by atoms with Crippen LogP contribution in [0.1, 0.15) is 39.6 Å². The van der Waals surface area contributed by atoms with E-state index < -0.39 is 23.7 Å². The van der Waals surface area contributed by atoms with Crippen LogP contribution in [0.5, 0.6) is 0 Å². The SMILES string of the molecule is O=C(O)C(c1ccn2c1CCC2)N1Cc2c(F)cc(Br)cc2C1=O. The van der Waals surface area contributed by atoms with Gasteiger partial charge in [0.15, 0.2) is 6.04 Å². The molecule has 2 aliphatic heterocycles. The van der Waals surface area contributed by atoms with Gasteiger partial charge < -0.3 is 14.6 Å². The normalized spacial score (nSPS) is 17.1. The van der Waals surface area contributed by atoms with Crippen LogP contribution >= 0.6 is 15.9 Å². The Kier molecular flexibility index (Phi) is 3.49. The Hall–Kier alpha value is -2.15. The number of benzene rings is 1. The van der Waals surface area contributed by atoms with Crippen molar-refractivity contribution in [2.75, 3.05) is 0 Å². The molecule has 1 N–H and O–H groups in total. The third kappa shape index (κ3) is 2.18. The number of fused-ring (bicyclic) bond motifs is 2. The number of aliphatic carboxylic acids is 1. The highest BCUT2D eigenvalue weighted by molar-refractivity contribution is 9.10. The van der Waals surface area contributed by atoms with Gasteiger partial charge in [0.1, 0.15) is 5.82 Å². The van der Waals surface area contributed by atoms with Crippen molar-refractivity contribution in [2.24, 2.45) is 0 Å². The van der Waals surface area contributed by atoms with Gasteiger partial charge in [0, 0.05) is 39.6 Å². The zero-order chi connectivity index (χ0) is 17.0. The summed E-state index contributed by atoms with van der Waals surface area (Å²) in [6, 6.07) is 3.50. The van der Waals surface area contributed by atoms with Gasteiger partial charge in [-0.1, -0.05) is 15.9 Å². The molecule has 3 heterocycles. The van der Waals surface area contributed by atoms with Crippen molar-refractivity contribution in [1.82, 2.24) is 9.47 Å². The maximum atomic E-state index is 14.2. The minimum Gasteiger partial charge on any atom is -0.479 e. The third-order valence-corrected chi connectivity index (χ3v) is 5.20. The van der Waals surface area contributed by atoms with Crippen molar-refractivity contribution in [1.29, 1.82) is 0 Å². The minimum absolute atomic E-state index is 0.0329. The molecule has 124 valence electrons. The van der Waals surface area contributed by atoms with Crippen LogP contribution in [0.2, 0.25) is 0 Å². The molecule has 1 unspecified atom stereocenters. The molecule has 1 atom stereocenters. The first-order valence-corrected chi connectivity index (χ1v) is 8.46. The fraction of sp³-hybridized carbons (Fsp3) is 0.294. The number of amides is 1. The van der Waals surface area contributed by atoms with Crippen LogP contribution in [0.25, 0.3) is 0 Å². The van der Waals surface area contributed by atoms with Crippen LogP contribution in [-0.4, -0.2) is 26.5 Å². The summed E-state index contributed by atoms with van der Waals surface area (Å²) in [6.45, 7) is 0.826. The van der Waals surface area contributed by atoms with Gasteiger partial charge in [0.05, 0.1) is 6.54 Å². The second-order valence-corrected chi connectivity index (χ2v) is 7.02. The molecular weight excluding hydrogens is 379 g/mol. The van der Waals surface area contributed by atoms with Crippen LogP contribution < -0.4 is 0 Å². The summed E-state index contributed by atoms with van der Waals surface area (Å²) in [4.78, 5) is 25.9. The fourth-order valence-electron chi connectivity index (χ4n) is 3.68. The predicted molar refractivity (Wildman–Crippen MR) is 87.1 cm³/mol. The minimum atomic E-state index is -1.10. The van der Waals surface area contributed by atoms with E-state index in [1.165, 1.54) is 11.0 Å². The zero-order valence-electron chi connectivity index (χ0n) is 12.6. The zero-order valence-corrected chi connectivity index (χ0v) is 14.2. The highest BCUT2D eigenvalue weighted by atomic mass is 79.9. The van der Waals surface area contributed by atoms with Gasteiger partial charge in [-0.25, -0.2) is 9.18 Å². The Morgan fingerprint density at radius 2 is 2.17 bits per heavy atom. The summed E-state index contributed by atoms with van der Waals surface area (Å²) in [6.07, 6.45) is 3.62. The summed E-state index contributed by atoms with van der Waals surface area (Å²) in [7, 11) is 0. The topological polar surface area (TPSA) is 62.5 Å². The standard InChI is InChI=1S/C17H14BrFN2O3/c18-9-6-11-12(13(19)7-9)8-21(16(11)22)15(17(23)24)10-3-5-20-4-1-2-14(10)20/h3,5-7,15H,1-2,4,8H2,(H,23,24). The van der Waals surface area contributed by atoms with E-state index in [0.717, 1.165) is 25.1 Å². The van der Waals surface area contributed by atoms with Crippen molar-refractivity contribution in [3.63, 3.8) is 0 Å². The molecule has 0 fully saturated rings. The van der Waals surface area contributed by atoms with E-state index in [2.05, 4.69) is 15.9 Å². The third-order valence-electron chi connectivity index (χ3n) is 4.75. The Morgan fingerprint density at radius 3 is 2.92 bits per heavy atom. The van der Waals surface area contributed by atoms with Crippen LogP contribution in [0.3, 0.4) is 0 Å². The molecule has 5 nitrogen and oxygen atoms in total. The quantitative estimate of drug-likeness (QED) is 0.872. The number of hydrogen-bond donors (Lipinski definition) is 1. The lowest BCUT2D eigenvalue weighted by molar-refractivity contribution is -0.142. The average Bonchev–Trinajstić information content (AvgIpc) is 3.18. The number of rotatable bonds is 3. The molecule has 1 aromatic carbocycles. The largest absolute Gasteiger partial charge is 0.479 e. The smallest absolute Gasteiger partial charge is 0.331 e. The summed E-state index contributed by atoms with van der Waals surface area (Å²) >= 11 is 3.18. The maximum absolute atomic E-state index is 14.2. The molecule has 1 aromatic heterocycles. The second-order valence-electron chi connectivity index (χ2n) is 6.10. The molecule has 0 bridgehead atoms. The lowest BCUT2D eigenvalue weighted by Gasteiger charge is -2.24. The van der Waals surface area contributed by atoms with E-state index in [0.29, 0.717) is 10.0 Å². The number of aromatic nitrogens is 1. The number of carboxylic acid groups (broad SMARTS) is 1. The highest BCUT2D eigenvalue weighted by Crippen LogP contribution is 2.37. The number of aryl methyl sites for hydroxylation is 1. The van der Waals surface area contributed by atoms with Gasteiger partial charge >= 0.3 is 5.97 Å². The molecule has 1 amide bonds. The van der Waals surface area contributed by atoms with Crippen LogP contribution in [0, 0.1) is 5.82 Å². The Balaban J connectivity index is 1.77. The fourth-order valence-corrected chi connectivity index (χ4v) is 4.11. The van der Waals surface area contributed by atoms with Crippen LogP contribution in [0.15, 0.2) is 28.9 Å². The van der Waals surface area contributed by atoms with Gasteiger partial charge in [-0.3, -0.25) is 4.79 Å². The molecule has 0 saturated heterocycles. The summed E-state index contributed by atoms with van der Waals surface area (Å²) in [5, 5.41) is 9.75. The molecule has 0 aliphatic carbocycles. The first-order chi connectivity index (χ1) is 11.5. The van der Waals surface area contributed by atoms with Gasteiger partial charge in [-0.05, 0) is 31.0 Å². The Bertz CT molecular complexity index is 877. The van der Waals surface area contributed by atoms with Gasteiger partial charge in [-0.15, -0.1) is 0 Å². The van der Waals surface area contributed by atoms with Crippen LogP contribution in [-0.2, 0) is 24.3 Å². The lowest BCUT2D eigenvalue weighted by Crippen LogP contribution is -2.34. The number of carbonyl (C=O) groups is 2. The average molecular weight is 393 g/mol. The van der Waals surface area contributed by atoms with Gasteiger partial charge in [0.25, 0.3) is 5.91 Å². The first kappa shape index (κ1) is 15.4. The van der Waals surface area contributed by atoms with E-state index >= 15 is 0 Å². The van der Waals surface area contributed by atoms with Gasteiger partial charge in [-0.2, -0.15) is 0 Å². The van der Waals surface area contributed by atoms with E-state index in [4.69, 9.17) is 0 Å². The van der Waals surface area contributed by atoms with Crippen molar-refractivity contribution in [3.05, 3.63) is 57.1 Å². The Morgan fingerprint density at radius 1 is 1.38 bits per heavy atom. The Labute approximate surface area is 145 Å². The highest BCUT2D eigenvalue weighted by Gasteiger charge is 2.40. The number of halogens is 2. The van der Waals surface area contributed by atoms with Gasteiger partial charge in [0.2, 0.25) is 0 Å². The van der Waals surface area contributed by atoms with E-state index in [-0.39, 0.29) is 17.7 Å². The van der Waals surface area contributed by atoms with Crippen molar-refractivity contribution < 1.29 is 19.1 Å². The summed E-state index contributed by atoms with van der Waals surface area (Å²) < 4.78 is 16.7. The monoisotopic (exact) mass is 392 g/mol. The maximum Gasteiger partial charge on any atom is 0.331 e. The first-order valence-electron chi connectivity index (χ1n) is 7.67. The molecule has 24 heavy (non-hydrogen) atoms. The molecular formula is C17H14BrFN2O3. The molecule has 0 radical (unpaired) electrons. The molecule has 2 aliphatic rings. The van der Waals surface area contributed by atoms with Crippen molar-refractivity contribution >= 4 is 27.8 Å². The van der Waals surface area contributed by atoms with Crippen molar-refractivity contribution in [3.8, 4) is 0 Å².